The number of benzene rings is 2. The number of nitrogens with two attached hydrogens (primary N) is 1. The molecule has 3 nitrogen and oxygen atoms in total. The van der Waals surface area contributed by atoms with E-state index in [-0.39, 0.29) is 0 Å². The molecule has 3 N–H and O–H groups in total. The highest BCUT2D eigenvalue weighted by Gasteiger charge is 2.08. The molecule has 1 aromatic heterocycles. The second-order valence-electron chi connectivity index (χ2n) is 4.99. The van der Waals surface area contributed by atoms with Crippen molar-refractivity contribution in [2.45, 2.75) is 13.5 Å². The van der Waals surface area contributed by atoms with Gasteiger partial charge in [0.2, 0.25) is 0 Å². The number of anilines is 2. The van der Waals surface area contributed by atoms with Crippen LogP contribution in [-0.4, -0.2) is 4.98 Å². The normalized spacial score (nSPS) is 10.8. The van der Waals surface area contributed by atoms with Gasteiger partial charge in [0.05, 0.1) is 16.4 Å². The van der Waals surface area contributed by atoms with Gasteiger partial charge in [0.1, 0.15) is 5.82 Å². The maximum Gasteiger partial charge on any atom is 0.140 e. The van der Waals surface area contributed by atoms with Crippen LogP contribution in [0.25, 0.3) is 10.8 Å². The number of nitrogens with one attached hydrogen (secondary N) is 1. The van der Waals surface area contributed by atoms with E-state index >= 15 is 0 Å². The Morgan fingerprint density at radius 2 is 1.90 bits per heavy atom. The fourth-order valence-corrected chi connectivity index (χ4v) is 2.81. The number of hydrogen-bond donors (Lipinski definition) is 2. The smallest absolute Gasteiger partial charge is 0.140 e. The fraction of sp³-hybridized carbons (Fsp3) is 0.118. The lowest BCUT2D eigenvalue weighted by Crippen LogP contribution is -2.04. The molecule has 0 fully saturated rings. The van der Waals surface area contributed by atoms with Gasteiger partial charge in [0.25, 0.3) is 0 Å². The van der Waals surface area contributed by atoms with Gasteiger partial charge >= 0.3 is 0 Å². The predicted octanol–water partition coefficient (Wildman–Crippen LogP) is 4.50. The van der Waals surface area contributed by atoms with Gasteiger partial charge in [0, 0.05) is 6.54 Å². The van der Waals surface area contributed by atoms with Crippen molar-refractivity contribution in [3.63, 3.8) is 0 Å². The summed E-state index contributed by atoms with van der Waals surface area (Å²) in [4.78, 5) is 4.35. The predicted molar refractivity (Wildman–Crippen MR) is 92.4 cm³/mol. The van der Waals surface area contributed by atoms with Crippen molar-refractivity contribution in [1.29, 1.82) is 0 Å². The van der Waals surface area contributed by atoms with Crippen LogP contribution in [0, 0.1) is 6.92 Å². The number of nitrogen functional groups attached to an aromatic ring is 1. The summed E-state index contributed by atoms with van der Waals surface area (Å²) >= 11 is 3.55. The quantitative estimate of drug-likeness (QED) is 0.737. The maximum atomic E-state index is 5.85. The second-order valence-corrected chi connectivity index (χ2v) is 5.79. The van der Waals surface area contributed by atoms with Crippen molar-refractivity contribution in [2.75, 3.05) is 11.1 Å². The van der Waals surface area contributed by atoms with Crippen LogP contribution in [0.3, 0.4) is 0 Å². The molecule has 0 aliphatic rings. The number of pyridine rings is 1. The minimum atomic E-state index is 0.692. The molecule has 0 spiro atoms. The van der Waals surface area contributed by atoms with Crippen LogP contribution >= 0.6 is 15.9 Å². The first kappa shape index (κ1) is 13.9. The topological polar surface area (TPSA) is 50.9 Å². The van der Waals surface area contributed by atoms with E-state index in [9.17, 15) is 0 Å². The third kappa shape index (κ3) is 2.72. The molecule has 0 atom stereocenters. The molecule has 106 valence electrons. The average molecular weight is 342 g/mol. The summed E-state index contributed by atoms with van der Waals surface area (Å²) in [5, 5.41) is 5.88. The number of hydrogen-bond acceptors (Lipinski definition) is 3. The van der Waals surface area contributed by atoms with E-state index in [1.807, 2.05) is 6.92 Å². The molecule has 1 heterocycles. The van der Waals surface area contributed by atoms with Crippen LogP contribution < -0.4 is 11.1 Å². The van der Waals surface area contributed by atoms with Crippen LogP contribution in [-0.2, 0) is 6.54 Å². The van der Waals surface area contributed by atoms with Crippen molar-refractivity contribution in [1.82, 2.24) is 4.98 Å². The largest absolute Gasteiger partial charge is 0.397 e. The summed E-state index contributed by atoms with van der Waals surface area (Å²) in [5.41, 5.74) is 8.79. The van der Waals surface area contributed by atoms with Crippen molar-refractivity contribution >= 4 is 38.2 Å². The summed E-state index contributed by atoms with van der Waals surface area (Å²) < 4.78 is 0.919. The van der Waals surface area contributed by atoms with Gasteiger partial charge in [-0.15, -0.1) is 0 Å². The lowest BCUT2D eigenvalue weighted by Gasteiger charge is -2.12. The van der Waals surface area contributed by atoms with E-state index in [4.69, 9.17) is 5.73 Å². The van der Waals surface area contributed by atoms with E-state index in [0.29, 0.717) is 5.69 Å². The van der Waals surface area contributed by atoms with Crippen LogP contribution in [0.5, 0.6) is 0 Å². The zero-order valence-electron chi connectivity index (χ0n) is 11.7. The van der Waals surface area contributed by atoms with Crippen molar-refractivity contribution in [3.8, 4) is 0 Å². The van der Waals surface area contributed by atoms with E-state index in [2.05, 4.69) is 68.7 Å². The van der Waals surface area contributed by atoms with Crippen molar-refractivity contribution in [2.24, 2.45) is 0 Å². The summed E-state index contributed by atoms with van der Waals surface area (Å²) in [5.74, 6) is 0.814. The van der Waals surface area contributed by atoms with E-state index in [1.165, 1.54) is 16.3 Å². The first-order valence-corrected chi connectivity index (χ1v) is 7.57. The van der Waals surface area contributed by atoms with Gasteiger partial charge in [-0.3, -0.25) is 0 Å². The summed E-state index contributed by atoms with van der Waals surface area (Å²) in [6, 6.07) is 14.7. The number of halogens is 1. The second kappa shape index (κ2) is 5.74. The third-order valence-corrected chi connectivity index (χ3v) is 4.60. The van der Waals surface area contributed by atoms with Crippen LogP contribution in [0.2, 0.25) is 0 Å². The van der Waals surface area contributed by atoms with Gasteiger partial charge in [0.15, 0.2) is 0 Å². The Hall–Kier alpha value is -2.07. The zero-order chi connectivity index (χ0) is 14.8. The fourth-order valence-electron chi connectivity index (χ4n) is 2.34. The number of rotatable bonds is 3. The molecule has 0 unspecified atom stereocenters. The van der Waals surface area contributed by atoms with Gasteiger partial charge < -0.3 is 11.1 Å². The average Bonchev–Trinajstić information content (AvgIpc) is 2.52. The first-order valence-electron chi connectivity index (χ1n) is 6.78. The van der Waals surface area contributed by atoms with E-state index < -0.39 is 0 Å². The molecule has 2 aromatic carbocycles. The molecule has 3 rings (SSSR count). The molecule has 0 saturated carbocycles. The third-order valence-electron chi connectivity index (χ3n) is 3.63. The van der Waals surface area contributed by atoms with Crippen LogP contribution in [0.1, 0.15) is 11.1 Å². The molecule has 21 heavy (non-hydrogen) atoms. The molecule has 0 aliphatic heterocycles. The molecule has 0 amide bonds. The Morgan fingerprint density at radius 3 is 2.76 bits per heavy atom. The zero-order valence-corrected chi connectivity index (χ0v) is 13.3. The summed E-state index contributed by atoms with van der Waals surface area (Å²) in [6.45, 7) is 2.69. The molecule has 4 heteroatoms. The number of aromatic nitrogens is 1. The Bertz CT molecular complexity index is 794. The highest BCUT2D eigenvalue weighted by molar-refractivity contribution is 9.10. The standard InChI is InChI=1S/C17H16BrN3/c1-11-15(19)10-21-17(16(11)18)20-9-13-7-4-6-12-5-2-3-8-14(12)13/h2-8,10H,9,19H2,1H3,(H,20,21). The Kier molecular flexibility index (Phi) is 3.80. The van der Waals surface area contributed by atoms with Crippen LogP contribution in [0.4, 0.5) is 11.5 Å². The lowest BCUT2D eigenvalue weighted by molar-refractivity contribution is 1.11. The molecule has 0 aliphatic carbocycles. The van der Waals surface area contributed by atoms with Gasteiger partial charge in [-0.2, -0.15) is 0 Å². The Balaban J connectivity index is 1.89. The van der Waals surface area contributed by atoms with Gasteiger partial charge in [-0.1, -0.05) is 42.5 Å². The molecule has 0 bridgehead atoms. The minimum absolute atomic E-state index is 0.692. The molecule has 0 saturated heterocycles. The summed E-state index contributed by atoms with van der Waals surface area (Å²) in [7, 11) is 0. The van der Waals surface area contributed by atoms with Crippen LogP contribution in [0.15, 0.2) is 53.1 Å². The summed E-state index contributed by atoms with van der Waals surface area (Å²) in [6.07, 6.45) is 1.69. The lowest BCUT2D eigenvalue weighted by atomic mass is 10.0. The number of nitrogens with zero attached hydrogens (tertiary/aromatic N) is 1. The van der Waals surface area contributed by atoms with Gasteiger partial charge in [-0.05, 0) is 44.8 Å². The molecular formula is C17H16BrN3. The van der Waals surface area contributed by atoms with E-state index in [0.717, 1.165) is 22.4 Å². The van der Waals surface area contributed by atoms with E-state index in [1.54, 1.807) is 6.20 Å². The monoisotopic (exact) mass is 341 g/mol. The molecule has 3 aromatic rings. The minimum Gasteiger partial charge on any atom is -0.397 e. The van der Waals surface area contributed by atoms with Crippen molar-refractivity contribution in [3.05, 3.63) is 64.3 Å². The Labute approximate surface area is 132 Å². The molecule has 0 radical (unpaired) electrons. The molecular weight excluding hydrogens is 326 g/mol. The SMILES string of the molecule is Cc1c(N)cnc(NCc2cccc3ccccc23)c1Br. The van der Waals surface area contributed by atoms with Gasteiger partial charge in [-0.25, -0.2) is 4.98 Å². The Morgan fingerprint density at radius 1 is 1.14 bits per heavy atom. The highest BCUT2D eigenvalue weighted by Crippen LogP contribution is 2.28. The van der Waals surface area contributed by atoms with Crippen molar-refractivity contribution < 1.29 is 0 Å². The first-order chi connectivity index (χ1) is 10.2. The number of fused-ring (bicyclic) bond motifs is 1. The maximum absolute atomic E-state index is 5.85. The highest BCUT2D eigenvalue weighted by atomic mass is 79.9.